The zero-order valence-corrected chi connectivity index (χ0v) is 21.3. The fourth-order valence-electron chi connectivity index (χ4n) is 4.26. The predicted molar refractivity (Wildman–Crippen MR) is 143 cm³/mol. The van der Waals surface area contributed by atoms with Crippen LogP contribution in [-0.4, -0.2) is 43.9 Å². The highest BCUT2D eigenvalue weighted by Gasteiger charge is 2.21. The van der Waals surface area contributed by atoms with Crippen LogP contribution < -0.4 is 15.7 Å². The molecule has 4 aromatic rings. The van der Waals surface area contributed by atoms with E-state index < -0.39 is 22.5 Å². The summed E-state index contributed by atoms with van der Waals surface area (Å²) in [6.07, 6.45) is 4.87. The molecule has 0 atom stereocenters. The van der Waals surface area contributed by atoms with E-state index in [0.717, 1.165) is 23.7 Å². The molecular weight excluding hydrogens is 486 g/mol. The van der Waals surface area contributed by atoms with Gasteiger partial charge >= 0.3 is 5.97 Å². The molecule has 0 aliphatic rings. The number of hydrogen-bond acceptors (Lipinski definition) is 5. The van der Waals surface area contributed by atoms with Gasteiger partial charge in [0.15, 0.2) is 11.3 Å². The second kappa shape index (κ2) is 11.6. The van der Waals surface area contributed by atoms with Crippen LogP contribution in [0.5, 0.6) is 5.75 Å². The van der Waals surface area contributed by atoms with E-state index in [1.807, 2.05) is 50.2 Å². The molecule has 2 aromatic carbocycles. The van der Waals surface area contributed by atoms with Gasteiger partial charge in [-0.2, -0.15) is 0 Å². The quantitative estimate of drug-likeness (QED) is 0.346. The highest BCUT2D eigenvalue weighted by molar-refractivity contribution is 5.94. The van der Waals surface area contributed by atoms with Gasteiger partial charge < -0.3 is 23.7 Å². The first kappa shape index (κ1) is 26.4. The van der Waals surface area contributed by atoms with Gasteiger partial charge in [-0.3, -0.25) is 14.4 Å². The van der Waals surface area contributed by atoms with Gasteiger partial charge in [0, 0.05) is 43.8 Å². The number of rotatable bonds is 10. The van der Waals surface area contributed by atoms with Crippen LogP contribution in [0.15, 0.2) is 82.8 Å². The lowest BCUT2D eigenvalue weighted by Gasteiger charge is -2.23. The van der Waals surface area contributed by atoms with Crippen molar-refractivity contribution in [2.45, 2.75) is 33.4 Å². The van der Waals surface area contributed by atoms with Crippen LogP contribution in [0.2, 0.25) is 0 Å². The van der Waals surface area contributed by atoms with Crippen LogP contribution in [0.1, 0.15) is 45.2 Å². The molecule has 0 spiro atoms. The molecule has 196 valence electrons. The van der Waals surface area contributed by atoms with Gasteiger partial charge in [0.25, 0.3) is 11.5 Å². The molecule has 0 unspecified atom stereocenters. The van der Waals surface area contributed by atoms with E-state index in [1.165, 1.54) is 21.4 Å². The first-order chi connectivity index (χ1) is 18.3. The Kier molecular flexibility index (Phi) is 8.06. The van der Waals surface area contributed by atoms with Crippen molar-refractivity contribution in [2.24, 2.45) is 0 Å². The highest BCUT2D eigenvalue weighted by atomic mass is 16.5. The third-order valence-corrected chi connectivity index (χ3v) is 6.18. The van der Waals surface area contributed by atoms with Crippen molar-refractivity contribution in [3.05, 3.63) is 116 Å². The maximum Gasteiger partial charge on any atom is 0.341 e. The molecule has 0 fully saturated rings. The minimum absolute atomic E-state index is 0.0155. The van der Waals surface area contributed by atoms with E-state index in [1.54, 1.807) is 23.1 Å². The van der Waals surface area contributed by atoms with E-state index >= 15 is 0 Å². The summed E-state index contributed by atoms with van der Waals surface area (Å²) in [5.41, 5.74) is 0.355. The minimum atomic E-state index is -1.41. The highest BCUT2D eigenvalue weighted by Crippen LogP contribution is 2.16. The van der Waals surface area contributed by atoms with Crippen LogP contribution in [0, 0.1) is 6.92 Å². The number of aromatic nitrogens is 2. The molecule has 0 radical (unpaired) electrons. The van der Waals surface area contributed by atoms with Gasteiger partial charge in [0.1, 0.15) is 12.2 Å². The fourth-order valence-corrected chi connectivity index (χ4v) is 4.26. The number of benzene rings is 2. The summed E-state index contributed by atoms with van der Waals surface area (Å²) < 4.78 is 8.46. The van der Waals surface area contributed by atoms with Crippen LogP contribution in [0.3, 0.4) is 0 Å². The van der Waals surface area contributed by atoms with Gasteiger partial charge in [-0.25, -0.2) is 4.79 Å². The molecule has 38 heavy (non-hydrogen) atoms. The molecule has 1 amide bonds. The van der Waals surface area contributed by atoms with Crippen LogP contribution in [0.25, 0.3) is 5.52 Å². The summed E-state index contributed by atoms with van der Waals surface area (Å²) in [4.78, 5) is 53.1. The fraction of sp³-hybridized carbons (Fsp3) is 0.241. The summed E-state index contributed by atoms with van der Waals surface area (Å²) in [5.74, 6) is -1.86. The van der Waals surface area contributed by atoms with Crippen LogP contribution >= 0.6 is 0 Å². The second-order valence-corrected chi connectivity index (χ2v) is 8.99. The van der Waals surface area contributed by atoms with Crippen molar-refractivity contribution < 1.29 is 19.4 Å². The number of carboxylic acid groups (broad SMARTS) is 1. The Hall–Kier alpha value is -4.66. The molecule has 9 heteroatoms. The van der Waals surface area contributed by atoms with Crippen molar-refractivity contribution in [3.8, 4) is 5.75 Å². The molecule has 9 nitrogen and oxygen atoms in total. The monoisotopic (exact) mass is 515 g/mol. The summed E-state index contributed by atoms with van der Waals surface area (Å²) in [7, 11) is 0. The van der Waals surface area contributed by atoms with E-state index in [9.17, 15) is 24.3 Å². The largest absolute Gasteiger partial charge is 0.483 e. The van der Waals surface area contributed by atoms with E-state index in [2.05, 4.69) is 0 Å². The van der Waals surface area contributed by atoms with E-state index in [4.69, 9.17) is 4.74 Å². The standard InChI is InChI=1S/C29H29N3O6/c1-3-12-30(27(34)22-11-7-8-20(2)17-22)13-14-31-15-16-32-18-23(29(36)37)25(33)26(24(32)28(31)35)38-19-21-9-5-4-6-10-21/h4-11,15-18H,3,12-14,19H2,1-2H3,(H,36,37). The van der Waals surface area contributed by atoms with Crippen LogP contribution in [0.4, 0.5) is 0 Å². The molecule has 2 aromatic heterocycles. The Morgan fingerprint density at radius 2 is 1.76 bits per heavy atom. The number of amides is 1. The lowest BCUT2D eigenvalue weighted by Crippen LogP contribution is -2.37. The average molecular weight is 516 g/mol. The molecular formula is C29H29N3O6. The second-order valence-electron chi connectivity index (χ2n) is 8.99. The van der Waals surface area contributed by atoms with Gasteiger partial charge in [0.05, 0.1) is 0 Å². The molecule has 0 aliphatic carbocycles. The summed E-state index contributed by atoms with van der Waals surface area (Å²) in [6, 6.07) is 16.4. The number of carbonyl (C=O) groups excluding carboxylic acids is 1. The molecule has 0 saturated heterocycles. The zero-order chi connectivity index (χ0) is 27.2. The normalized spacial score (nSPS) is 10.9. The molecule has 0 bridgehead atoms. The van der Waals surface area contributed by atoms with Crippen LogP contribution in [-0.2, 0) is 13.2 Å². The SMILES string of the molecule is CCCN(CCn1ccn2cc(C(=O)O)c(=O)c(OCc3ccccc3)c2c1=O)C(=O)c1cccc(C)c1. The number of nitrogens with zero attached hydrogens (tertiary/aromatic N) is 3. The third-order valence-electron chi connectivity index (χ3n) is 6.18. The van der Waals surface area contributed by atoms with Crippen molar-refractivity contribution in [2.75, 3.05) is 13.1 Å². The molecule has 4 rings (SSSR count). The topological polar surface area (TPSA) is 110 Å². The maximum atomic E-state index is 13.5. The third kappa shape index (κ3) is 5.67. The first-order valence-electron chi connectivity index (χ1n) is 12.3. The Balaban J connectivity index is 1.69. The number of pyridine rings is 1. The molecule has 2 heterocycles. The van der Waals surface area contributed by atoms with Gasteiger partial charge in [-0.1, -0.05) is 55.0 Å². The maximum absolute atomic E-state index is 13.5. The summed E-state index contributed by atoms with van der Waals surface area (Å²) in [5, 5.41) is 9.53. The van der Waals surface area contributed by atoms with Crippen molar-refractivity contribution >= 4 is 17.4 Å². The summed E-state index contributed by atoms with van der Waals surface area (Å²) >= 11 is 0. The Morgan fingerprint density at radius 3 is 2.45 bits per heavy atom. The average Bonchev–Trinajstić information content (AvgIpc) is 2.91. The zero-order valence-electron chi connectivity index (χ0n) is 21.3. The Labute approximate surface area is 219 Å². The minimum Gasteiger partial charge on any atom is -0.483 e. The Morgan fingerprint density at radius 1 is 1.00 bits per heavy atom. The lowest BCUT2D eigenvalue weighted by molar-refractivity contribution is 0.0693. The van der Waals surface area contributed by atoms with E-state index in [0.29, 0.717) is 12.1 Å². The predicted octanol–water partition coefficient (Wildman–Crippen LogP) is 3.60. The Bertz CT molecular complexity index is 1590. The molecule has 0 aliphatic heterocycles. The number of aromatic carboxylic acids is 1. The molecule has 0 saturated carbocycles. The van der Waals surface area contributed by atoms with Gasteiger partial charge in [-0.15, -0.1) is 0 Å². The number of ether oxygens (including phenoxy) is 1. The smallest absolute Gasteiger partial charge is 0.341 e. The van der Waals surface area contributed by atoms with Crippen molar-refractivity contribution in [1.82, 2.24) is 13.9 Å². The first-order valence-corrected chi connectivity index (χ1v) is 12.3. The number of carbonyl (C=O) groups is 2. The lowest BCUT2D eigenvalue weighted by atomic mass is 10.1. The number of carboxylic acids is 1. The van der Waals surface area contributed by atoms with Gasteiger partial charge in [-0.05, 0) is 31.0 Å². The number of aryl methyl sites for hydroxylation is 1. The van der Waals surface area contributed by atoms with Crippen molar-refractivity contribution in [3.63, 3.8) is 0 Å². The van der Waals surface area contributed by atoms with Crippen molar-refractivity contribution in [1.29, 1.82) is 0 Å². The summed E-state index contributed by atoms with van der Waals surface area (Å²) in [6.45, 7) is 4.85. The van der Waals surface area contributed by atoms with Gasteiger partial charge in [0.2, 0.25) is 5.43 Å². The van der Waals surface area contributed by atoms with E-state index in [-0.39, 0.29) is 36.9 Å². The number of fused-ring (bicyclic) bond motifs is 1. The molecule has 1 N–H and O–H groups in total. The number of hydrogen-bond donors (Lipinski definition) is 1.